The summed E-state index contributed by atoms with van der Waals surface area (Å²) >= 11 is 7.04. The summed E-state index contributed by atoms with van der Waals surface area (Å²) in [5, 5.41) is 11.4. The second-order valence-electron chi connectivity index (χ2n) is 5.95. The summed E-state index contributed by atoms with van der Waals surface area (Å²) in [7, 11) is 0. The van der Waals surface area contributed by atoms with E-state index >= 15 is 0 Å². The zero-order chi connectivity index (χ0) is 20.1. The van der Waals surface area contributed by atoms with E-state index in [-0.39, 0.29) is 10.9 Å². The molecule has 0 fully saturated rings. The van der Waals surface area contributed by atoms with E-state index in [1.807, 2.05) is 34.9 Å². The first-order chi connectivity index (χ1) is 13.5. The Balaban J connectivity index is 1.76. The molecule has 5 nitrogen and oxygen atoms in total. The van der Waals surface area contributed by atoms with Crippen molar-refractivity contribution in [1.82, 2.24) is 14.8 Å². The average molecular weight is 417 g/mol. The third-order valence-electron chi connectivity index (χ3n) is 3.90. The number of benzene rings is 2. The van der Waals surface area contributed by atoms with Crippen LogP contribution in [0.1, 0.15) is 6.92 Å². The number of hydrogen-bond acceptors (Lipinski definition) is 4. The number of hydrogen-bond donors (Lipinski definition) is 1. The number of rotatable bonds is 7. The Hall–Kier alpha value is -2.64. The highest BCUT2D eigenvalue weighted by molar-refractivity contribution is 8.00. The van der Waals surface area contributed by atoms with Gasteiger partial charge in [0, 0.05) is 17.8 Å². The van der Waals surface area contributed by atoms with E-state index in [1.165, 1.54) is 30.0 Å². The van der Waals surface area contributed by atoms with Crippen LogP contribution in [0.15, 0.2) is 66.3 Å². The number of aromatic nitrogens is 3. The van der Waals surface area contributed by atoms with Crippen molar-refractivity contribution in [2.24, 2.45) is 0 Å². The summed E-state index contributed by atoms with van der Waals surface area (Å²) in [6, 6.07) is 13.7. The minimum absolute atomic E-state index is 0.0451. The van der Waals surface area contributed by atoms with Gasteiger partial charge in [0.1, 0.15) is 5.82 Å². The van der Waals surface area contributed by atoms with Crippen molar-refractivity contribution < 1.29 is 9.18 Å². The monoisotopic (exact) mass is 416 g/mol. The molecule has 3 aromatic rings. The van der Waals surface area contributed by atoms with Crippen LogP contribution in [0.25, 0.3) is 11.4 Å². The molecule has 0 saturated heterocycles. The van der Waals surface area contributed by atoms with Gasteiger partial charge in [-0.15, -0.1) is 16.8 Å². The Morgan fingerprint density at radius 2 is 2.07 bits per heavy atom. The normalized spacial score (nSPS) is 11.8. The molecule has 0 aliphatic carbocycles. The number of allylic oxidation sites excluding steroid dienone is 1. The molecule has 0 aliphatic heterocycles. The standard InChI is InChI=1S/C20H18ClFN4OS/c1-3-11-26-18(14-7-5-4-6-8-14)24-25-20(26)28-13(2)19(27)23-15-9-10-17(22)16(21)12-15/h3-10,12-13H,1,11H2,2H3,(H,23,27)/t13-/m0/s1. The lowest BCUT2D eigenvalue weighted by Gasteiger charge is -2.13. The van der Waals surface area contributed by atoms with Crippen LogP contribution in [0.3, 0.4) is 0 Å². The van der Waals surface area contributed by atoms with Crippen molar-refractivity contribution in [3.05, 3.63) is 72.0 Å². The average Bonchev–Trinajstić information content (AvgIpc) is 3.08. The lowest BCUT2D eigenvalue weighted by Crippen LogP contribution is -2.23. The van der Waals surface area contributed by atoms with E-state index in [0.29, 0.717) is 23.2 Å². The van der Waals surface area contributed by atoms with Crippen molar-refractivity contribution >= 4 is 35.0 Å². The van der Waals surface area contributed by atoms with Crippen molar-refractivity contribution in [3.8, 4) is 11.4 Å². The molecule has 0 aliphatic rings. The van der Waals surface area contributed by atoms with Gasteiger partial charge in [0.15, 0.2) is 11.0 Å². The van der Waals surface area contributed by atoms with Crippen LogP contribution < -0.4 is 5.32 Å². The molecule has 28 heavy (non-hydrogen) atoms. The van der Waals surface area contributed by atoms with Crippen LogP contribution in [-0.4, -0.2) is 25.9 Å². The fourth-order valence-electron chi connectivity index (χ4n) is 2.50. The smallest absolute Gasteiger partial charge is 0.237 e. The molecule has 0 spiro atoms. The third-order valence-corrected chi connectivity index (χ3v) is 5.27. The molecule has 1 atom stereocenters. The maximum absolute atomic E-state index is 13.3. The number of anilines is 1. The van der Waals surface area contributed by atoms with Gasteiger partial charge in [0.2, 0.25) is 5.91 Å². The van der Waals surface area contributed by atoms with Crippen LogP contribution in [0.5, 0.6) is 0 Å². The van der Waals surface area contributed by atoms with Gasteiger partial charge in [0.25, 0.3) is 0 Å². The maximum atomic E-state index is 13.3. The molecule has 3 rings (SSSR count). The Labute approximate surface area is 171 Å². The van der Waals surface area contributed by atoms with Gasteiger partial charge in [0.05, 0.1) is 10.3 Å². The van der Waals surface area contributed by atoms with Gasteiger partial charge in [-0.05, 0) is 25.1 Å². The number of nitrogens with zero attached hydrogens (tertiary/aromatic N) is 3. The van der Waals surface area contributed by atoms with Gasteiger partial charge < -0.3 is 5.32 Å². The lowest BCUT2D eigenvalue weighted by molar-refractivity contribution is -0.115. The van der Waals surface area contributed by atoms with Crippen LogP contribution >= 0.6 is 23.4 Å². The SMILES string of the molecule is C=CCn1c(S[C@@H](C)C(=O)Nc2ccc(F)c(Cl)c2)nnc1-c1ccccc1. The molecule has 1 heterocycles. The molecule has 0 unspecified atom stereocenters. The number of carbonyl (C=O) groups is 1. The number of halogens is 2. The highest BCUT2D eigenvalue weighted by atomic mass is 35.5. The molecule has 2 aromatic carbocycles. The quantitative estimate of drug-likeness (QED) is 0.433. The minimum atomic E-state index is -0.534. The van der Waals surface area contributed by atoms with Gasteiger partial charge in [-0.1, -0.05) is 59.8 Å². The first-order valence-corrected chi connectivity index (χ1v) is 9.77. The van der Waals surface area contributed by atoms with E-state index < -0.39 is 11.1 Å². The summed E-state index contributed by atoms with van der Waals surface area (Å²) < 4.78 is 15.2. The zero-order valence-corrected chi connectivity index (χ0v) is 16.7. The van der Waals surface area contributed by atoms with Crippen molar-refractivity contribution in [3.63, 3.8) is 0 Å². The maximum Gasteiger partial charge on any atom is 0.237 e. The Morgan fingerprint density at radius 1 is 1.32 bits per heavy atom. The lowest BCUT2D eigenvalue weighted by atomic mass is 10.2. The molecule has 0 bridgehead atoms. The molecular formula is C20H18ClFN4OS. The molecule has 0 radical (unpaired) electrons. The highest BCUT2D eigenvalue weighted by Gasteiger charge is 2.20. The van der Waals surface area contributed by atoms with Crippen molar-refractivity contribution in [2.75, 3.05) is 5.32 Å². The number of thioether (sulfide) groups is 1. The number of amides is 1. The fraction of sp³-hybridized carbons (Fsp3) is 0.150. The van der Waals surface area contributed by atoms with Gasteiger partial charge in [-0.25, -0.2) is 4.39 Å². The van der Waals surface area contributed by atoms with Gasteiger partial charge in [-0.3, -0.25) is 9.36 Å². The first kappa shape index (κ1) is 20.1. The summed E-state index contributed by atoms with van der Waals surface area (Å²) in [5.41, 5.74) is 1.36. The number of carbonyl (C=O) groups excluding carboxylic acids is 1. The molecule has 0 saturated carbocycles. The van der Waals surface area contributed by atoms with Crippen molar-refractivity contribution in [2.45, 2.75) is 23.9 Å². The van der Waals surface area contributed by atoms with Gasteiger partial charge >= 0.3 is 0 Å². The van der Waals surface area contributed by atoms with E-state index in [0.717, 1.165) is 5.56 Å². The summed E-state index contributed by atoms with van der Waals surface area (Å²) in [6.07, 6.45) is 1.76. The molecule has 1 N–H and O–H groups in total. The highest BCUT2D eigenvalue weighted by Crippen LogP contribution is 2.28. The van der Waals surface area contributed by atoms with Crippen LogP contribution in [0, 0.1) is 5.82 Å². The number of nitrogens with one attached hydrogen (secondary N) is 1. The second-order valence-corrected chi connectivity index (χ2v) is 7.66. The molecule has 1 aromatic heterocycles. The zero-order valence-electron chi connectivity index (χ0n) is 15.1. The second kappa shape index (κ2) is 9.03. The van der Waals surface area contributed by atoms with Crippen LogP contribution in [0.4, 0.5) is 10.1 Å². The van der Waals surface area contributed by atoms with Crippen LogP contribution in [-0.2, 0) is 11.3 Å². The Kier molecular flexibility index (Phi) is 6.49. The van der Waals surface area contributed by atoms with E-state index in [4.69, 9.17) is 11.6 Å². The summed E-state index contributed by atoms with van der Waals surface area (Å²) in [6.45, 7) is 6.07. The molecular weight excluding hydrogens is 399 g/mol. The Bertz CT molecular complexity index is 993. The van der Waals surface area contributed by atoms with Crippen LogP contribution in [0.2, 0.25) is 5.02 Å². The van der Waals surface area contributed by atoms with E-state index in [9.17, 15) is 9.18 Å². The van der Waals surface area contributed by atoms with Crippen molar-refractivity contribution in [1.29, 1.82) is 0 Å². The minimum Gasteiger partial charge on any atom is -0.325 e. The largest absolute Gasteiger partial charge is 0.325 e. The molecule has 1 amide bonds. The molecule has 8 heteroatoms. The molecule has 144 valence electrons. The predicted octanol–water partition coefficient (Wildman–Crippen LogP) is 5.04. The fourth-order valence-corrected chi connectivity index (χ4v) is 3.54. The third kappa shape index (κ3) is 4.61. The summed E-state index contributed by atoms with van der Waals surface area (Å²) in [4.78, 5) is 12.5. The van der Waals surface area contributed by atoms with E-state index in [1.54, 1.807) is 13.0 Å². The van der Waals surface area contributed by atoms with Gasteiger partial charge in [-0.2, -0.15) is 0 Å². The topological polar surface area (TPSA) is 59.8 Å². The summed E-state index contributed by atoms with van der Waals surface area (Å²) in [5.74, 6) is -0.0731. The van der Waals surface area contributed by atoms with E-state index in [2.05, 4.69) is 22.1 Å². The Morgan fingerprint density at radius 3 is 2.75 bits per heavy atom. The predicted molar refractivity (Wildman–Crippen MR) is 111 cm³/mol. The first-order valence-electron chi connectivity index (χ1n) is 8.51.